The summed E-state index contributed by atoms with van der Waals surface area (Å²) < 4.78 is 0. The number of nitrogens with one attached hydrogen (secondary N) is 1. The van der Waals surface area contributed by atoms with E-state index in [0.717, 1.165) is 22.4 Å². The van der Waals surface area contributed by atoms with Gasteiger partial charge in [0.2, 0.25) is 5.91 Å². The van der Waals surface area contributed by atoms with Crippen LogP contribution in [-0.4, -0.2) is 32.5 Å². The standard InChI is InChI=1S/C23H28N2O3S3/c1-12(2)23(20(27)28,19(26)25-21-24-13(3)11-31-21)22(15(5)30)10-17(14(4)29)16-8-6-7-9-18(16)22/h6-12,14-15,29-30H,1-5H3,(H,27,28)(H,24,25,26). The zero-order chi connectivity index (χ0) is 23.1. The first-order valence-electron chi connectivity index (χ1n) is 10.2. The Morgan fingerprint density at radius 2 is 1.84 bits per heavy atom. The van der Waals surface area contributed by atoms with Crippen LogP contribution in [-0.2, 0) is 15.0 Å². The second-order valence-electron chi connectivity index (χ2n) is 8.38. The summed E-state index contributed by atoms with van der Waals surface area (Å²) in [5, 5.41) is 15.1. The van der Waals surface area contributed by atoms with E-state index in [-0.39, 0.29) is 5.25 Å². The Hall–Kier alpha value is -1.77. The minimum Gasteiger partial charge on any atom is -0.480 e. The van der Waals surface area contributed by atoms with Crippen molar-refractivity contribution in [3.63, 3.8) is 0 Å². The fourth-order valence-corrected chi connectivity index (χ4v) is 6.21. The van der Waals surface area contributed by atoms with Crippen LogP contribution in [0.1, 0.15) is 44.5 Å². The number of aromatic nitrogens is 1. The summed E-state index contributed by atoms with van der Waals surface area (Å²) in [6, 6.07) is 7.65. The lowest BCUT2D eigenvalue weighted by molar-refractivity contribution is -0.162. The average molecular weight is 477 g/mol. The maximum absolute atomic E-state index is 13.9. The molecule has 31 heavy (non-hydrogen) atoms. The maximum Gasteiger partial charge on any atom is 0.320 e. The highest BCUT2D eigenvalue weighted by molar-refractivity contribution is 7.81. The van der Waals surface area contributed by atoms with Crippen molar-refractivity contribution in [1.29, 1.82) is 0 Å². The van der Waals surface area contributed by atoms with E-state index in [4.69, 9.17) is 12.6 Å². The molecule has 1 aliphatic carbocycles. The van der Waals surface area contributed by atoms with Gasteiger partial charge >= 0.3 is 5.97 Å². The molecular weight excluding hydrogens is 448 g/mol. The number of carbonyl (C=O) groups excluding carboxylic acids is 1. The van der Waals surface area contributed by atoms with Gasteiger partial charge in [-0.1, -0.05) is 51.1 Å². The van der Waals surface area contributed by atoms with Gasteiger partial charge in [0, 0.05) is 15.9 Å². The largest absolute Gasteiger partial charge is 0.480 e. The number of thiol groups is 2. The van der Waals surface area contributed by atoms with Crippen LogP contribution in [0.25, 0.3) is 5.57 Å². The Labute approximate surface area is 198 Å². The summed E-state index contributed by atoms with van der Waals surface area (Å²) in [6.45, 7) is 9.17. The summed E-state index contributed by atoms with van der Waals surface area (Å²) in [4.78, 5) is 31.3. The first-order chi connectivity index (χ1) is 14.5. The van der Waals surface area contributed by atoms with Crippen LogP contribution in [0, 0.1) is 18.3 Å². The fourth-order valence-electron chi connectivity index (χ4n) is 4.90. The van der Waals surface area contributed by atoms with Crippen LogP contribution in [0.15, 0.2) is 35.7 Å². The van der Waals surface area contributed by atoms with E-state index in [1.54, 1.807) is 13.8 Å². The molecule has 166 valence electrons. The minimum atomic E-state index is -1.83. The predicted octanol–water partition coefficient (Wildman–Crippen LogP) is 5.09. The number of carboxylic acids is 1. The van der Waals surface area contributed by atoms with Gasteiger partial charge in [-0.2, -0.15) is 25.3 Å². The van der Waals surface area contributed by atoms with Gasteiger partial charge < -0.3 is 10.4 Å². The van der Waals surface area contributed by atoms with E-state index in [1.165, 1.54) is 11.3 Å². The number of carbonyl (C=O) groups is 2. The molecule has 0 spiro atoms. The Morgan fingerprint density at radius 3 is 2.32 bits per heavy atom. The summed E-state index contributed by atoms with van der Waals surface area (Å²) in [5.74, 6) is -2.32. The number of allylic oxidation sites excluding steroid dienone is 1. The highest BCUT2D eigenvalue weighted by Gasteiger charge is 2.67. The lowest BCUT2D eigenvalue weighted by atomic mass is 9.54. The van der Waals surface area contributed by atoms with Crippen molar-refractivity contribution in [2.45, 2.75) is 50.5 Å². The molecule has 1 aliphatic rings. The van der Waals surface area contributed by atoms with Crippen LogP contribution >= 0.6 is 36.6 Å². The zero-order valence-corrected chi connectivity index (χ0v) is 20.8. The predicted molar refractivity (Wildman–Crippen MR) is 133 cm³/mol. The molecule has 1 aromatic carbocycles. The maximum atomic E-state index is 13.9. The average Bonchev–Trinajstić information content (AvgIpc) is 3.24. The molecule has 2 N–H and O–H groups in total. The van der Waals surface area contributed by atoms with Gasteiger partial charge in [-0.15, -0.1) is 11.3 Å². The monoisotopic (exact) mass is 476 g/mol. The zero-order valence-electron chi connectivity index (χ0n) is 18.2. The number of hydrogen-bond donors (Lipinski definition) is 4. The van der Waals surface area contributed by atoms with Gasteiger partial charge in [0.25, 0.3) is 0 Å². The second kappa shape index (κ2) is 8.64. The third-order valence-electron chi connectivity index (χ3n) is 6.23. The molecule has 3 rings (SSSR count). The molecule has 8 heteroatoms. The Morgan fingerprint density at radius 1 is 1.19 bits per heavy atom. The van der Waals surface area contributed by atoms with Crippen molar-refractivity contribution >= 4 is 59.2 Å². The molecule has 2 aromatic rings. The molecule has 0 bridgehead atoms. The van der Waals surface area contributed by atoms with E-state index in [2.05, 4.69) is 22.9 Å². The molecule has 4 atom stereocenters. The third kappa shape index (κ3) is 3.52. The van der Waals surface area contributed by atoms with Crippen LogP contribution in [0.4, 0.5) is 5.13 Å². The normalized spacial score (nSPS) is 21.7. The SMILES string of the molecule is Cc1csc(NC(=O)C(C(=O)O)(C(C)C)C2(C(C)S)C=C(C(C)S)c3ccccc32)n1. The van der Waals surface area contributed by atoms with Crippen molar-refractivity contribution in [2.75, 3.05) is 5.32 Å². The molecule has 4 unspecified atom stereocenters. The smallest absolute Gasteiger partial charge is 0.320 e. The van der Waals surface area contributed by atoms with Gasteiger partial charge in [0.05, 0.1) is 11.1 Å². The molecule has 0 saturated heterocycles. The molecule has 1 heterocycles. The number of aryl methyl sites for hydroxylation is 1. The van der Waals surface area contributed by atoms with Crippen LogP contribution < -0.4 is 5.32 Å². The van der Waals surface area contributed by atoms with Crippen LogP contribution in [0.3, 0.4) is 0 Å². The lowest BCUT2D eigenvalue weighted by Gasteiger charge is -2.48. The lowest BCUT2D eigenvalue weighted by Crippen LogP contribution is -2.62. The first-order valence-corrected chi connectivity index (χ1v) is 12.1. The van der Waals surface area contributed by atoms with Crippen molar-refractivity contribution in [2.24, 2.45) is 11.3 Å². The second-order valence-corrected chi connectivity index (χ2v) is 10.8. The highest BCUT2D eigenvalue weighted by atomic mass is 32.1. The summed E-state index contributed by atoms with van der Waals surface area (Å²) >= 11 is 10.7. The topological polar surface area (TPSA) is 79.3 Å². The van der Waals surface area contributed by atoms with E-state index in [1.807, 2.05) is 56.5 Å². The number of benzene rings is 1. The molecule has 1 aromatic heterocycles. The third-order valence-corrected chi connectivity index (χ3v) is 7.79. The molecular formula is C23H28N2O3S3. The van der Waals surface area contributed by atoms with E-state index < -0.39 is 33.9 Å². The summed E-state index contributed by atoms with van der Waals surface area (Å²) in [5.41, 5.74) is 0.360. The Balaban J connectivity index is 2.35. The summed E-state index contributed by atoms with van der Waals surface area (Å²) in [7, 11) is 0. The van der Waals surface area contributed by atoms with E-state index in [9.17, 15) is 14.7 Å². The van der Waals surface area contributed by atoms with Gasteiger partial charge in [-0.05, 0) is 36.5 Å². The number of nitrogens with zero attached hydrogens (tertiary/aromatic N) is 1. The van der Waals surface area contributed by atoms with Crippen LogP contribution in [0.5, 0.6) is 0 Å². The molecule has 5 nitrogen and oxygen atoms in total. The first kappa shape index (κ1) is 23.9. The van der Waals surface area contributed by atoms with Crippen molar-refractivity contribution in [1.82, 2.24) is 4.98 Å². The Bertz CT molecular complexity index is 1040. The van der Waals surface area contributed by atoms with Crippen molar-refractivity contribution in [3.05, 3.63) is 52.5 Å². The number of rotatable bonds is 7. The number of thiazole rings is 1. The number of fused-ring (bicyclic) bond motifs is 1. The van der Waals surface area contributed by atoms with Crippen LogP contribution in [0.2, 0.25) is 0 Å². The van der Waals surface area contributed by atoms with Crippen molar-refractivity contribution < 1.29 is 14.7 Å². The quantitative estimate of drug-likeness (QED) is 0.332. The van der Waals surface area contributed by atoms with Gasteiger partial charge in [-0.3, -0.25) is 9.59 Å². The minimum absolute atomic E-state index is 0.140. The van der Waals surface area contributed by atoms with Gasteiger partial charge in [0.15, 0.2) is 10.5 Å². The number of carboxylic acid groups (broad SMARTS) is 1. The Kier molecular flexibility index (Phi) is 6.65. The van der Waals surface area contributed by atoms with Gasteiger partial charge in [-0.25, -0.2) is 4.98 Å². The number of anilines is 1. The molecule has 0 saturated carbocycles. The number of aliphatic carboxylic acids is 1. The molecule has 1 amide bonds. The number of amides is 1. The van der Waals surface area contributed by atoms with E-state index >= 15 is 0 Å². The molecule has 0 aliphatic heterocycles. The molecule has 0 fully saturated rings. The summed E-state index contributed by atoms with van der Waals surface area (Å²) in [6.07, 6.45) is 1.92. The molecule has 0 radical (unpaired) electrons. The van der Waals surface area contributed by atoms with E-state index in [0.29, 0.717) is 5.13 Å². The number of hydrogen-bond acceptors (Lipinski definition) is 6. The van der Waals surface area contributed by atoms with Crippen molar-refractivity contribution in [3.8, 4) is 0 Å². The van der Waals surface area contributed by atoms with Gasteiger partial charge in [0.1, 0.15) is 0 Å². The fraction of sp³-hybridized carbons (Fsp3) is 0.435. The highest BCUT2D eigenvalue weighted by Crippen LogP contribution is 2.59.